The van der Waals surface area contributed by atoms with Gasteiger partial charge in [0.05, 0.1) is 22.4 Å². The lowest BCUT2D eigenvalue weighted by Gasteiger charge is -2.52. The minimum Gasteiger partial charge on any atom is -0.278 e. The zero-order valence-corrected chi connectivity index (χ0v) is 33.9. The van der Waals surface area contributed by atoms with Gasteiger partial charge >= 0.3 is 0 Å². The molecule has 0 radical (unpaired) electrons. The minimum atomic E-state index is -1.64. The Morgan fingerprint density at radius 3 is 2.08 bits per heavy atom. The molecule has 0 fully saturated rings. The Bertz CT molecular complexity index is 3320. The molecule has 2 aliphatic rings. The summed E-state index contributed by atoms with van der Waals surface area (Å²) in [4.78, 5) is 13.8. The fourth-order valence-electron chi connectivity index (χ4n) is 9.92. The molecule has 2 atom stereocenters. The van der Waals surface area contributed by atoms with Crippen LogP contribution in [0.25, 0.3) is 76.0 Å². The largest absolute Gasteiger partial charge is 0.278 e. The number of rotatable bonds is 6. The van der Waals surface area contributed by atoms with E-state index in [0.717, 1.165) is 40.5 Å². The van der Waals surface area contributed by atoms with E-state index in [1.54, 1.807) is 0 Å². The number of allylic oxidation sites excluding steroid dienone is 3. The van der Waals surface area contributed by atoms with Crippen molar-refractivity contribution in [3.05, 3.63) is 205 Å². The third-order valence-corrected chi connectivity index (χ3v) is 18.3. The second-order valence-corrected chi connectivity index (χ2v) is 20.3. The number of benzene rings is 7. The summed E-state index contributed by atoms with van der Waals surface area (Å²) in [6.07, 6.45) is 16.2. The molecule has 0 saturated carbocycles. The van der Waals surface area contributed by atoms with Crippen molar-refractivity contribution >= 4 is 80.2 Å². The number of aromatic nitrogens is 3. The van der Waals surface area contributed by atoms with Gasteiger partial charge in [0.2, 0.25) is 5.95 Å². The van der Waals surface area contributed by atoms with Gasteiger partial charge in [-0.1, -0.05) is 140 Å². The number of nitrogens with zero attached hydrogens (tertiary/aromatic N) is 3. The van der Waals surface area contributed by atoms with Crippen LogP contribution in [0.2, 0.25) is 0 Å². The summed E-state index contributed by atoms with van der Waals surface area (Å²) in [7, 11) is -1.64. The quantitative estimate of drug-likeness (QED) is 0.168. The number of hydrogen-bond donors (Lipinski definition) is 0. The van der Waals surface area contributed by atoms with Crippen molar-refractivity contribution in [3.63, 3.8) is 0 Å². The van der Waals surface area contributed by atoms with Crippen LogP contribution in [0.3, 0.4) is 0 Å². The van der Waals surface area contributed by atoms with Gasteiger partial charge in [-0.3, -0.25) is 4.57 Å². The van der Waals surface area contributed by atoms with Gasteiger partial charge in [0, 0.05) is 47.0 Å². The molecule has 5 heteroatoms. The summed E-state index contributed by atoms with van der Waals surface area (Å²) in [6, 6.07) is 60.2. The lowest BCUT2D eigenvalue weighted by molar-refractivity contribution is 0.911. The maximum atomic E-state index is 5.57. The standard InChI is InChI=1S/C54H39N3S2/c1-4-17-38(18-5-1)59(39-19-6-2-7-20-39,40-21-8-3-9-22-40)41-30-32-48-46(35-41)52-42-23-11-10-16-36(42)28-31-49(52)57(48)54-55-47-26-14-12-25-44(47)53(56-54)37-29-33-51-45(34-37)43-24-13-15-27-50(43)58-51/h1-21,23-34,40-41H,22,35H2. The van der Waals surface area contributed by atoms with Crippen molar-refractivity contribution in [1.82, 2.24) is 14.5 Å². The highest BCUT2D eigenvalue weighted by molar-refractivity contribution is 8.35. The van der Waals surface area contributed by atoms with Crippen LogP contribution >= 0.6 is 21.4 Å². The molecule has 282 valence electrons. The van der Waals surface area contributed by atoms with E-state index < -0.39 is 10.0 Å². The van der Waals surface area contributed by atoms with Crippen LogP contribution in [0.4, 0.5) is 0 Å². The third kappa shape index (κ3) is 5.35. The van der Waals surface area contributed by atoms with Gasteiger partial charge in [0.25, 0.3) is 0 Å². The first-order valence-electron chi connectivity index (χ1n) is 20.4. The number of fused-ring (bicyclic) bond motifs is 9. The zero-order chi connectivity index (χ0) is 38.9. The van der Waals surface area contributed by atoms with Gasteiger partial charge in [0.15, 0.2) is 0 Å². The summed E-state index contributed by atoms with van der Waals surface area (Å²) in [5.74, 6) is 0.698. The number of para-hydroxylation sites is 1. The molecule has 0 amide bonds. The van der Waals surface area contributed by atoms with E-state index >= 15 is 0 Å². The van der Waals surface area contributed by atoms with Crippen molar-refractivity contribution in [1.29, 1.82) is 0 Å². The van der Waals surface area contributed by atoms with Gasteiger partial charge in [-0.25, -0.2) is 9.97 Å². The number of thiophene rings is 1. The molecule has 2 unspecified atom stereocenters. The van der Waals surface area contributed by atoms with Crippen molar-refractivity contribution in [2.24, 2.45) is 0 Å². The molecule has 3 aromatic heterocycles. The van der Waals surface area contributed by atoms with Crippen molar-refractivity contribution in [2.45, 2.75) is 33.1 Å². The fraction of sp³-hybridized carbons (Fsp3) is 0.0741. The topological polar surface area (TPSA) is 30.7 Å². The van der Waals surface area contributed by atoms with Gasteiger partial charge in [-0.2, -0.15) is 10.0 Å². The summed E-state index contributed by atoms with van der Waals surface area (Å²) >= 11 is 1.85. The number of hydrogen-bond acceptors (Lipinski definition) is 3. The lowest BCUT2D eigenvalue weighted by atomic mass is 9.97. The predicted octanol–water partition coefficient (Wildman–Crippen LogP) is 14.5. The SMILES string of the molecule is C1=CCC(S(c2ccccc2)(c2ccccc2)C2C=Cc3c(c4c5ccccc5ccc4n3-c3nc(-c4ccc5sc6ccccc6c5c4)c4ccccc4n3)C2)C=C1. The Morgan fingerprint density at radius 1 is 0.576 bits per heavy atom. The molecule has 0 bridgehead atoms. The van der Waals surface area contributed by atoms with Crippen LogP contribution in [-0.2, 0) is 6.42 Å². The molecule has 3 nitrogen and oxygen atoms in total. The molecule has 0 aliphatic heterocycles. The maximum Gasteiger partial charge on any atom is 0.235 e. The van der Waals surface area contributed by atoms with E-state index in [0.29, 0.717) is 11.2 Å². The highest BCUT2D eigenvalue weighted by Gasteiger charge is 2.43. The average Bonchev–Trinajstić information content (AvgIpc) is 3.85. The average molecular weight is 794 g/mol. The Balaban J connectivity index is 1.11. The third-order valence-electron chi connectivity index (χ3n) is 12.5. The van der Waals surface area contributed by atoms with Crippen molar-refractivity contribution in [2.75, 3.05) is 0 Å². The van der Waals surface area contributed by atoms with Crippen LogP contribution in [0, 0.1) is 0 Å². The highest BCUT2D eigenvalue weighted by Crippen LogP contribution is 2.72. The lowest BCUT2D eigenvalue weighted by Crippen LogP contribution is -2.30. The first kappa shape index (κ1) is 34.5. The van der Waals surface area contributed by atoms with Crippen LogP contribution < -0.4 is 0 Å². The van der Waals surface area contributed by atoms with Crippen LogP contribution in [-0.4, -0.2) is 25.0 Å². The van der Waals surface area contributed by atoms with E-state index in [9.17, 15) is 0 Å². The molecular weight excluding hydrogens is 755 g/mol. The monoisotopic (exact) mass is 793 g/mol. The predicted molar refractivity (Wildman–Crippen MR) is 252 cm³/mol. The molecule has 2 aliphatic carbocycles. The van der Waals surface area contributed by atoms with E-state index in [4.69, 9.17) is 9.97 Å². The normalized spacial score (nSPS) is 16.7. The summed E-state index contributed by atoms with van der Waals surface area (Å²) in [5.41, 5.74) is 6.66. The van der Waals surface area contributed by atoms with Gasteiger partial charge in [-0.15, -0.1) is 11.3 Å². The van der Waals surface area contributed by atoms with Crippen molar-refractivity contribution in [3.8, 4) is 17.2 Å². The molecule has 10 aromatic rings. The molecule has 0 N–H and O–H groups in total. The first-order valence-corrected chi connectivity index (χ1v) is 23.0. The molecule has 7 aromatic carbocycles. The molecule has 3 heterocycles. The Kier molecular flexibility index (Phi) is 8.07. The van der Waals surface area contributed by atoms with E-state index in [1.165, 1.54) is 57.4 Å². The first-order chi connectivity index (χ1) is 29.3. The molecular formula is C54H39N3S2. The van der Waals surface area contributed by atoms with Gasteiger partial charge in [-0.05, 0) is 99.6 Å². The molecule has 12 rings (SSSR count). The molecule has 59 heavy (non-hydrogen) atoms. The Hall–Kier alpha value is -6.53. The highest BCUT2D eigenvalue weighted by atomic mass is 32.3. The van der Waals surface area contributed by atoms with E-state index in [1.807, 2.05) is 11.3 Å². The Morgan fingerprint density at radius 2 is 1.29 bits per heavy atom. The fourth-order valence-corrected chi connectivity index (χ4v) is 15.8. The molecule has 0 spiro atoms. The van der Waals surface area contributed by atoms with Gasteiger partial charge < -0.3 is 0 Å². The van der Waals surface area contributed by atoms with Crippen molar-refractivity contribution < 1.29 is 0 Å². The maximum absolute atomic E-state index is 5.57. The second-order valence-electron chi connectivity index (χ2n) is 15.6. The summed E-state index contributed by atoms with van der Waals surface area (Å²) in [5, 5.41) is 8.01. The Labute approximate surface area is 348 Å². The van der Waals surface area contributed by atoms with E-state index in [2.05, 4.69) is 205 Å². The van der Waals surface area contributed by atoms with Crippen LogP contribution in [0.1, 0.15) is 17.7 Å². The van der Waals surface area contributed by atoms with E-state index in [-0.39, 0.29) is 5.25 Å². The smallest absolute Gasteiger partial charge is 0.235 e. The second kappa shape index (κ2) is 13.8. The minimum absolute atomic E-state index is 0.249. The summed E-state index contributed by atoms with van der Waals surface area (Å²) in [6.45, 7) is 0. The summed E-state index contributed by atoms with van der Waals surface area (Å²) < 4.78 is 4.94. The van der Waals surface area contributed by atoms with Gasteiger partial charge in [0.1, 0.15) is 0 Å². The zero-order valence-electron chi connectivity index (χ0n) is 32.3. The van der Waals surface area contributed by atoms with Crippen LogP contribution in [0.5, 0.6) is 0 Å². The van der Waals surface area contributed by atoms with Crippen LogP contribution in [0.15, 0.2) is 204 Å². The molecule has 0 saturated heterocycles.